The van der Waals surface area contributed by atoms with E-state index >= 15 is 0 Å². The van der Waals surface area contributed by atoms with Crippen molar-refractivity contribution in [1.29, 1.82) is 0 Å². The number of benzene rings is 2. The molecule has 0 bridgehead atoms. The fourth-order valence-electron chi connectivity index (χ4n) is 3.20. The van der Waals surface area contributed by atoms with E-state index in [1.807, 2.05) is 71.4 Å². The Morgan fingerprint density at radius 2 is 1.68 bits per heavy atom. The van der Waals surface area contributed by atoms with E-state index in [1.54, 1.807) is 6.07 Å². The van der Waals surface area contributed by atoms with E-state index < -0.39 is 0 Å². The van der Waals surface area contributed by atoms with Crippen LogP contribution in [0.2, 0.25) is 0 Å². The third-order valence-electron chi connectivity index (χ3n) is 4.71. The number of nitrogens with zero attached hydrogens (tertiary/aromatic N) is 3. The molecule has 2 amide bonds. The van der Waals surface area contributed by atoms with Crippen LogP contribution >= 0.6 is 0 Å². The van der Waals surface area contributed by atoms with Crippen LogP contribution in [-0.2, 0) is 6.54 Å². The summed E-state index contributed by atoms with van der Waals surface area (Å²) in [4.78, 5) is 24.1. The molecule has 0 spiro atoms. The van der Waals surface area contributed by atoms with E-state index in [0.29, 0.717) is 19.0 Å². The number of nitrogens with one attached hydrogen (secondary N) is 2. The first kappa shape index (κ1) is 20.2. The molecule has 4 rings (SSSR count). The van der Waals surface area contributed by atoms with Gasteiger partial charge in [0.15, 0.2) is 5.82 Å². The highest BCUT2D eigenvalue weighted by molar-refractivity contribution is 5.81. The number of ether oxygens (including phenoxy) is 1. The van der Waals surface area contributed by atoms with Crippen molar-refractivity contribution in [3.8, 4) is 11.6 Å². The van der Waals surface area contributed by atoms with Crippen LogP contribution in [0.1, 0.15) is 0 Å². The van der Waals surface area contributed by atoms with Crippen LogP contribution in [0.25, 0.3) is 16.7 Å². The first-order valence-electron chi connectivity index (χ1n) is 10.0. The maximum Gasteiger partial charge on any atom is 0.314 e. The zero-order valence-corrected chi connectivity index (χ0v) is 16.9. The summed E-state index contributed by atoms with van der Waals surface area (Å²) in [7, 11) is 0. The molecular weight excluding hydrogens is 394 g/mol. The monoisotopic (exact) mass is 417 g/mol. The maximum absolute atomic E-state index is 12.2. The number of aromatic nitrogens is 3. The highest BCUT2D eigenvalue weighted by Crippen LogP contribution is 2.18. The van der Waals surface area contributed by atoms with Gasteiger partial charge in [0.2, 0.25) is 0 Å². The summed E-state index contributed by atoms with van der Waals surface area (Å²) in [5, 5.41) is 11.0. The van der Waals surface area contributed by atoms with E-state index in [0.717, 1.165) is 16.7 Å². The van der Waals surface area contributed by atoms with Crippen LogP contribution in [0.15, 0.2) is 83.8 Å². The predicted octanol–water partition coefficient (Wildman–Crippen LogP) is 2.57. The van der Waals surface area contributed by atoms with Crippen LogP contribution in [0.5, 0.6) is 5.75 Å². The molecule has 0 aliphatic rings. The average molecular weight is 417 g/mol. The molecule has 2 aromatic carbocycles. The second kappa shape index (κ2) is 9.62. The van der Waals surface area contributed by atoms with Crippen molar-refractivity contribution >= 4 is 16.9 Å². The quantitative estimate of drug-likeness (QED) is 0.431. The maximum atomic E-state index is 12.2. The number of urea groups is 1. The number of hydrogen-bond donors (Lipinski definition) is 2. The average Bonchev–Trinajstić information content (AvgIpc) is 3.23. The molecular formula is C23H23N5O3. The van der Waals surface area contributed by atoms with Gasteiger partial charge in [0.1, 0.15) is 12.4 Å². The molecule has 8 nitrogen and oxygen atoms in total. The first-order chi connectivity index (χ1) is 15.2. The molecule has 31 heavy (non-hydrogen) atoms. The topological polar surface area (TPSA) is 90.2 Å². The molecule has 2 N–H and O–H groups in total. The summed E-state index contributed by atoms with van der Waals surface area (Å²) < 4.78 is 8.80. The standard InChI is InChI=1S/C23H23N5O3/c29-22-11-10-21(27-15-12-18-6-4-5-9-20(18)27)26-28(22)16-13-24-23(30)25-14-17-31-19-7-2-1-3-8-19/h1-12,15H,13-14,16-17H2,(H2,24,25,30). The summed E-state index contributed by atoms with van der Waals surface area (Å²) in [6, 6.07) is 22.2. The number of para-hydroxylation sites is 2. The third kappa shape index (κ3) is 5.11. The smallest absolute Gasteiger partial charge is 0.314 e. The second-order valence-electron chi connectivity index (χ2n) is 6.84. The minimum Gasteiger partial charge on any atom is -0.492 e. The van der Waals surface area contributed by atoms with Crippen molar-refractivity contribution in [2.75, 3.05) is 19.7 Å². The molecule has 0 fully saturated rings. The van der Waals surface area contributed by atoms with Gasteiger partial charge in [-0.2, -0.15) is 5.10 Å². The molecule has 4 aromatic rings. The minimum absolute atomic E-state index is 0.223. The van der Waals surface area contributed by atoms with Crippen molar-refractivity contribution in [1.82, 2.24) is 25.0 Å². The Morgan fingerprint density at radius 3 is 2.55 bits per heavy atom. The Balaban J connectivity index is 1.28. The van der Waals surface area contributed by atoms with Gasteiger partial charge in [0, 0.05) is 18.8 Å². The molecule has 0 radical (unpaired) electrons. The van der Waals surface area contributed by atoms with Gasteiger partial charge in [0.05, 0.1) is 18.6 Å². The zero-order chi connectivity index (χ0) is 21.5. The third-order valence-corrected chi connectivity index (χ3v) is 4.71. The Morgan fingerprint density at radius 1 is 0.903 bits per heavy atom. The number of amides is 2. The largest absolute Gasteiger partial charge is 0.492 e. The first-order valence-corrected chi connectivity index (χ1v) is 10.0. The van der Waals surface area contributed by atoms with E-state index in [9.17, 15) is 9.59 Å². The van der Waals surface area contributed by atoms with Crippen molar-refractivity contribution in [2.45, 2.75) is 6.54 Å². The highest BCUT2D eigenvalue weighted by atomic mass is 16.5. The SMILES string of the molecule is O=C(NCCOc1ccccc1)NCCn1nc(-n2ccc3ccccc32)ccc1=O. The molecule has 0 saturated heterocycles. The molecule has 158 valence electrons. The molecule has 2 heterocycles. The van der Waals surface area contributed by atoms with Crippen LogP contribution in [0.4, 0.5) is 4.79 Å². The van der Waals surface area contributed by atoms with Gasteiger partial charge in [-0.1, -0.05) is 36.4 Å². The highest BCUT2D eigenvalue weighted by Gasteiger charge is 2.07. The molecule has 0 atom stereocenters. The Bertz CT molecular complexity index is 1220. The lowest BCUT2D eigenvalue weighted by molar-refractivity contribution is 0.236. The summed E-state index contributed by atoms with van der Waals surface area (Å²) in [5.74, 6) is 1.40. The van der Waals surface area contributed by atoms with E-state index in [-0.39, 0.29) is 24.7 Å². The predicted molar refractivity (Wildman–Crippen MR) is 119 cm³/mol. The van der Waals surface area contributed by atoms with Gasteiger partial charge >= 0.3 is 6.03 Å². The molecule has 2 aromatic heterocycles. The lowest BCUT2D eigenvalue weighted by Gasteiger charge is -2.11. The van der Waals surface area contributed by atoms with E-state index in [2.05, 4.69) is 15.7 Å². The Kier molecular flexibility index (Phi) is 6.27. The van der Waals surface area contributed by atoms with E-state index in [1.165, 1.54) is 10.7 Å². The summed E-state index contributed by atoms with van der Waals surface area (Å²) in [6.07, 6.45) is 1.92. The van der Waals surface area contributed by atoms with Crippen molar-refractivity contribution < 1.29 is 9.53 Å². The summed E-state index contributed by atoms with van der Waals surface area (Å²) in [5.41, 5.74) is 0.786. The molecule has 0 unspecified atom stereocenters. The molecule has 0 aliphatic heterocycles. The van der Waals surface area contributed by atoms with Crippen LogP contribution in [0, 0.1) is 0 Å². The van der Waals surface area contributed by atoms with E-state index in [4.69, 9.17) is 4.74 Å². The number of hydrogen-bond acceptors (Lipinski definition) is 4. The van der Waals surface area contributed by atoms with Crippen molar-refractivity contribution in [2.24, 2.45) is 0 Å². The fourth-order valence-corrected chi connectivity index (χ4v) is 3.20. The zero-order valence-electron chi connectivity index (χ0n) is 16.9. The van der Waals surface area contributed by atoms with Gasteiger partial charge in [-0.05, 0) is 35.7 Å². The van der Waals surface area contributed by atoms with Crippen LogP contribution < -0.4 is 20.9 Å². The number of carbonyl (C=O) groups excluding carboxylic acids is 1. The number of carbonyl (C=O) groups is 1. The Labute approximate surface area is 179 Å². The molecule has 0 saturated carbocycles. The van der Waals surface area contributed by atoms with Crippen LogP contribution in [-0.4, -0.2) is 40.1 Å². The lowest BCUT2D eigenvalue weighted by Crippen LogP contribution is -2.40. The van der Waals surface area contributed by atoms with Crippen LogP contribution in [0.3, 0.4) is 0 Å². The van der Waals surface area contributed by atoms with Gasteiger partial charge in [-0.15, -0.1) is 0 Å². The fraction of sp³-hybridized carbons (Fsp3) is 0.174. The van der Waals surface area contributed by atoms with Gasteiger partial charge in [-0.3, -0.25) is 9.36 Å². The molecule has 0 aliphatic carbocycles. The lowest BCUT2D eigenvalue weighted by atomic mass is 10.2. The van der Waals surface area contributed by atoms with Crippen molar-refractivity contribution in [3.63, 3.8) is 0 Å². The van der Waals surface area contributed by atoms with Gasteiger partial charge in [0.25, 0.3) is 5.56 Å². The summed E-state index contributed by atoms with van der Waals surface area (Å²) in [6.45, 7) is 1.27. The normalized spacial score (nSPS) is 10.7. The second-order valence-corrected chi connectivity index (χ2v) is 6.84. The number of rotatable bonds is 8. The van der Waals surface area contributed by atoms with Gasteiger partial charge in [-0.25, -0.2) is 9.48 Å². The summed E-state index contributed by atoms with van der Waals surface area (Å²) >= 11 is 0. The Hall–Kier alpha value is -4.07. The number of fused-ring (bicyclic) bond motifs is 1. The minimum atomic E-state index is -0.322. The van der Waals surface area contributed by atoms with Crippen molar-refractivity contribution in [3.05, 3.63) is 89.3 Å². The van der Waals surface area contributed by atoms with Gasteiger partial charge < -0.3 is 15.4 Å². The molecule has 8 heteroatoms.